The van der Waals surface area contributed by atoms with Crippen LogP contribution in [0.15, 0.2) is 24.5 Å². The summed E-state index contributed by atoms with van der Waals surface area (Å²) in [7, 11) is 4.38. The average Bonchev–Trinajstić information content (AvgIpc) is 3.12. The lowest BCUT2D eigenvalue weighted by molar-refractivity contribution is 0.257. The SMILES string of the molecule is CN(C)C1CCCN(c2nc(-c3cccnc3)nc3sc4c(c23)CCCC4)C1. The number of rotatable bonds is 3. The predicted molar refractivity (Wildman–Crippen MR) is 116 cm³/mol. The van der Waals surface area contributed by atoms with E-state index in [4.69, 9.17) is 9.97 Å². The molecule has 1 unspecified atom stereocenters. The molecule has 28 heavy (non-hydrogen) atoms. The summed E-state index contributed by atoms with van der Waals surface area (Å²) in [6.07, 6.45) is 11.1. The minimum atomic E-state index is 0.579. The molecule has 146 valence electrons. The van der Waals surface area contributed by atoms with Gasteiger partial charge in [0.25, 0.3) is 0 Å². The second kappa shape index (κ2) is 7.41. The molecular weight excluding hydrogens is 366 g/mol. The van der Waals surface area contributed by atoms with Crippen molar-refractivity contribution >= 4 is 27.4 Å². The smallest absolute Gasteiger partial charge is 0.164 e. The highest BCUT2D eigenvalue weighted by molar-refractivity contribution is 7.19. The molecule has 1 saturated heterocycles. The van der Waals surface area contributed by atoms with Crippen LogP contribution in [-0.4, -0.2) is 53.1 Å². The standard InChI is InChI=1S/C22H27N5S/c1-26(2)16-8-6-12-27(14-16)21-19-17-9-3-4-10-18(17)28-22(19)25-20(24-21)15-7-5-11-23-13-15/h5,7,11,13,16H,3-4,6,8-10,12,14H2,1-2H3. The van der Waals surface area contributed by atoms with E-state index in [0.29, 0.717) is 6.04 Å². The summed E-state index contributed by atoms with van der Waals surface area (Å²) in [4.78, 5) is 22.0. The van der Waals surface area contributed by atoms with E-state index in [1.807, 2.05) is 23.6 Å². The number of hydrogen-bond acceptors (Lipinski definition) is 6. The van der Waals surface area contributed by atoms with Gasteiger partial charge in [-0.25, -0.2) is 9.97 Å². The van der Waals surface area contributed by atoms with E-state index < -0.39 is 0 Å². The number of fused-ring (bicyclic) bond motifs is 3. The summed E-state index contributed by atoms with van der Waals surface area (Å²) in [5.41, 5.74) is 2.52. The fourth-order valence-electron chi connectivity index (χ4n) is 4.56. The number of thiophene rings is 1. The highest BCUT2D eigenvalue weighted by atomic mass is 32.1. The molecule has 3 aromatic rings. The minimum absolute atomic E-state index is 0.579. The predicted octanol–water partition coefficient (Wildman–Crippen LogP) is 4.16. The Kier molecular flexibility index (Phi) is 4.77. The first-order valence-corrected chi connectivity index (χ1v) is 11.2. The van der Waals surface area contributed by atoms with E-state index >= 15 is 0 Å². The fourth-order valence-corrected chi connectivity index (χ4v) is 5.82. The Morgan fingerprint density at radius 1 is 1.14 bits per heavy atom. The molecule has 0 aromatic carbocycles. The summed E-state index contributed by atoms with van der Waals surface area (Å²) in [6, 6.07) is 4.60. The maximum atomic E-state index is 5.13. The summed E-state index contributed by atoms with van der Waals surface area (Å²) < 4.78 is 0. The number of hydrogen-bond donors (Lipinski definition) is 0. The molecule has 1 aliphatic heterocycles. The van der Waals surface area contributed by atoms with Crippen LogP contribution >= 0.6 is 11.3 Å². The Labute approximate surface area is 170 Å². The van der Waals surface area contributed by atoms with Gasteiger partial charge >= 0.3 is 0 Å². The van der Waals surface area contributed by atoms with Crippen molar-refractivity contribution in [3.05, 3.63) is 35.0 Å². The second-order valence-electron chi connectivity index (χ2n) is 8.21. The fraction of sp³-hybridized carbons (Fsp3) is 0.500. The van der Waals surface area contributed by atoms with Crippen molar-refractivity contribution in [3.63, 3.8) is 0 Å². The number of likely N-dealkylation sites (N-methyl/N-ethyl adjacent to an activating group) is 1. The lowest BCUT2D eigenvalue weighted by atomic mass is 9.96. The monoisotopic (exact) mass is 393 g/mol. The molecule has 0 bridgehead atoms. The van der Waals surface area contributed by atoms with Gasteiger partial charge in [0, 0.05) is 42.0 Å². The third-order valence-corrected chi connectivity index (χ3v) is 7.33. The van der Waals surface area contributed by atoms with E-state index in [1.54, 1.807) is 6.20 Å². The molecule has 2 aliphatic rings. The van der Waals surface area contributed by atoms with Crippen LogP contribution in [0.2, 0.25) is 0 Å². The topological polar surface area (TPSA) is 45.2 Å². The van der Waals surface area contributed by atoms with Crippen LogP contribution in [0.5, 0.6) is 0 Å². The summed E-state index contributed by atoms with van der Waals surface area (Å²) in [5.74, 6) is 1.95. The molecule has 3 aromatic heterocycles. The Morgan fingerprint density at radius 2 is 2.04 bits per heavy atom. The Bertz CT molecular complexity index is 982. The second-order valence-corrected chi connectivity index (χ2v) is 9.29. The summed E-state index contributed by atoms with van der Waals surface area (Å²) in [5, 5.41) is 1.33. The van der Waals surface area contributed by atoms with Gasteiger partial charge in [-0.3, -0.25) is 4.98 Å². The van der Waals surface area contributed by atoms with Crippen molar-refractivity contribution in [2.45, 2.75) is 44.6 Å². The van der Waals surface area contributed by atoms with Gasteiger partial charge < -0.3 is 9.80 Å². The maximum Gasteiger partial charge on any atom is 0.164 e. The van der Waals surface area contributed by atoms with E-state index in [9.17, 15) is 0 Å². The van der Waals surface area contributed by atoms with Crippen LogP contribution in [-0.2, 0) is 12.8 Å². The summed E-state index contributed by atoms with van der Waals surface area (Å²) in [6.45, 7) is 2.11. The van der Waals surface area contributed by atoms with Crippen molar-refractivity contribution in [1.29, 1.82) is 0 Å². The maximum absolute atomic E-state index is 5.13. The zero-order valence-electron chi connectivity index (χ0n) is 16.7. The average molecular weight is 394 g/mol. The third-order valence-electron chi connectivity index (χ3n) is 6.14. The minimum Gasteiger partial charge on any atom is -0.354 e. The van der Waals surface area contributed by atoms with Gasteiger partial charge in [0.05, 0.1) is 5.39 Å². The lowest BCUT2D eigenvalue weighted by Gasteiger charge is -2.37. The van der Waals surface area contributed by atoms with Gasteiger partial charge in [-0.2, -0.15) is 0 Å². The van der Waals surface area contributed by atoms with E-state index in [1.165, 1.54) is 54.4 Å². The van der Waals surface area contributed by atoms with E-state index in [-0.39, 0.29) is 0 Å². The molecule has 4 heterocycles. The van der Waals surface area contributed by atoms with Crippen molar-refractivity contribution < 1.29 is 0 Å². The molecule has 0 N–H and O–H groups in total. The van der Waals surface area contributed by atoms with Crippen molar-refractivity contribution in [3.8, 4) is 11.4 Å². The number of nitrogens with zero attached hydrogens (tertiary/aromatic N) is 5. The van der Waals surface area contributed by atoms with Gasteiger partial charge in [0.15, 0.2) is 5.82 Å². The number of anilines is 1. The van der Waals surface area contributed by atoms with Crippen molar-refractivity contribution in [2.75, 3.05) is 32.1 Å². The first kappa shape index (κ1) is 18.0. The van der Waals surface area contributed by atoms with Crippen molar-refractivity contribution in [2.24, 2.45) is 0 Å². The van der Waals surface area contributed by atoms with Crippen LogP contribution in [0.4, 0.5) is 5.82 Å². The van der Waals surface area contributed by atoms with Crippen LogP contribution in [0.1, 0.15) is 36.1 Å². The van der Waals surface area contributed by atoms with Crippen LogP contribution < -0.4 is 4.90 Å². The number of aromatic nitrogens is 3. The molecule has 6 heteroatoms. The molecule has 5 rings (SSSR count). The lowest BCUT2D eigenvalue weighted by Crippen LogP contribution is -2.45. The van der Waals surface area contributed by atoms with E-state index in [2.05, 4.69) is 34.9 Å². The molecule has 0 radical (unpaired) electrons. The Balaban J connectivity index is 1.67. The molecule has 0 saturated carbocycles. The zero-order chi connectivity index (χ0) is 19.1. The van der Waals surface area contributed by atoms with Crippen LogP contribution in [0.25, 0.3) is 21.6 Å². The molecule has 1 fully saturated rings. The number of aryl methyl sites for hydroxylation is 2. The van der Waals surface area contributed by atoms with Crippen LogP contribution in [0.3, 0.4) is 0 Å². The molecule has 0 spiro atoms. The molecule has 1 aliphatic carbocycles. The molecule has 5 nitrogen and oxygen atoms in total. The van der Waals surface area contributed by atoms with E-state index in [0.717, 1.165) is 35.1 Å². The zero-order valence-corrected chi connectivity index (χ0v) is 17.5. The van der Waals surface area contributed by atoms with Crippen molar-refractivity contribution in [1.82, 2.24) is 19.9 Å². The highest BCUT2D eigenvalue weighted by Crippen LogP contribution is 2.41. The quantitative estimate of drug-likeness (QED) is 0.668. The van der Waals surface area contributed by atoms with Gasteiger partial charge in [0.1, 0.15) is 10.6 Å². The molecule has 0 amide bonds. The Morgan fingerprint density at radius 3 is 2.86 bits per heavy atom. The molecular formula is C22H27N5S. The largest absolute Gasteiger partial charge is 0.354 e. The first-order valence-electron chi connectivity index (χ1n) is 10.3. The van der Waals surface area contributed by atoms with Gasteiger partial charge in [-0.1, -0.05) is 0 Å². The summed E-state index contributed by atoms with van der Waals surface area (Å²) >= 11 is 1.89. The molecule has 1 atom stereocenters. The third kappa shape index (κ3) is 3.18. The van der Waals surface area contributed by atoms with Gasteiger partial charge in [-0.05, 0) is 70.3 Å². The first-order chi connectivity index (χ1) is 13.7. The Hall–Kier alpha value is -2.05. The number of pyridine rings is 1. The van der Waals surface area contributed by atoms with Gasteiger partial charge in [-0.15, -0.1) is 11.3 Å². The van der Waals surface area contributed by atoms with Crippen LogP contribution in [0, 0.1) is 0 Å². The normalized spacial score (nSPS) is 20.0. The number of piperidine rings is 1. The highest BCUT2D eigenvalue weighted by Gasteiger charge is 2.28. The van der Waals surface area contributed by atoms with Gasteiger partial charge in [0.2, 0.25) is 0 Å².